The second-order valence-corrected chi connectivity index (χ2v) is 13.8. The summed E-state index contributed by atoms with van der Waals surface area (Å²) in [5, 5.41) is 5.28. The van der Waals surface area contributed by atoms with Gasteiger partial charge in [-0.3, -0.25) is 19.4 Å². The number of aryl methyl sites for hydroxylation is 1. The van der Waals surface area contributed by atoms with Crippen molar-refractivity contribution in [2.45, 2.75) is 81.4 Å². The van der Waals surface area contributed by atoms with E-state index in [0.29, 0.717) is 25.0 Å². The summed E-state index contributed by atoms with van der Waals surface area (Å²) < 4.78 is 77.5. The molecule has 242 valence electrons. The van der Waals surface area contributed by atoms with E-state index in [1.807, 2.05) is 13.3 Å². The predicted octanol–water partition coefficient (Wildman–Crippen LogP) is -10.5. The first-order chi connectivity index (χ1) is 20.8. The van der Waals surface area contributed by atoms with Gasteiger partial charge in [-0.05, 0) is 25.5 Å². The van der Waals surface area contributed by atoms with E-state index < -0.39 is 60.3 Å². The molecule has 0 saturated heterocycles. The molecular formula is C28H34K4N4O10S2. The zero-order valence-corrected chi connectivity index (χ0v) is 42.4. The Bertz CT molecular complexity index is 1690. The minimum Gasteiger partial charge on any atom is -0.748 e. The Labute approximate surface area is 451 Å². The van der Waals surface area contributed by atoms with Crippen LogP contribution in [0.5, 0.6) is 0 Å². The molecule has 48 heavy (non-hydrogen) atoms. The van der Waals surface area contributed by atoms with Crippen LogP contribution in [0.4, 0.5) is 0 Å². The second-order valence-electron chi connectivity index (χ2n) is 10.6. The van der Waals surface area contributed by atoms with Crippen LogP contribution in [0.2, 0.25) is 0 Å². The van der Waals surface area contributed by atoms with E-state index >= 15 is 0 Å². The molecule has 0 aromatic carbocycles. The molecular weight excluding hydrogens is 773 g/mol. The molecule has 0 radical (unpaired) electrons. The molecule has 14 nitrogen and oxygen atoms in total. The number of aromatic nitrogens is 2. The van der Waals surface area contributed by atoms with Crippen LogP contribution in [0.1, 0.15) is 69.7 Å². The molecule has 2 saturated carbocycles. The maximum Gasteiger partial charge on any atom is 1.00 e. The van der Waals surface area contributed by atoms with E-state index in [4.69, 9.17) is 4.74 Å². The molecule has 2 fully saturated rings. The van der Waals surface area contributed by atoms with E-state index in [-0.39, 0.29) is 255 Å². The monoisotopic (exact) mass is 806 g/mol. The molecule has 20 heteroatoms. The molecule has 0 bridgehead atoms. The number of carbonyl (C=O) groups is 2. The molecule has 3 aliphatic rings. The van der Waals surface area contributed by atoms with Gasteiger partial charge in [-0.1, -0.05) is 38.0 Å². The number of hydrogen-bond acceptors (Lipinski definition) is 11. The first-order valence-electron chi connectivity index (χ1n) is 14.3. The quantitative estimate of drug-likeness (QED) is 0.0590. The van der Waals surface area contributed by atoms with E-state index in [1.165, 1.54) is 35.1 Å². The third-order valence-electron chi connectivity index (χ3n) is 7.87. The molecule has 0 spiro atoms. The van der Waals surface area contributed by atoms with Crippen LogP contribution in [0.15, 0.2) is 39.8 Å². The summed E-state index contributed by atoms with van der Waals surface area (Å²) >= 11 is 0. The number of aromatic amines is 1. The number of amides is 1. The third-order valence-corrected chi connectivity index (χ3v) is 10.5. The van der Waals surface area contributed by atoms with E-state index in [9.17, 15) is 40.3 Å². The van der Waals surface area contributed by atoms with E-state index in [1.54, 1.807) is 13.3 Å². The largest absolute Gasteiger partial charge is 1.00 e. The van der Waals surface area contributed by atoms with Crippen molar-refractivity contribution in [3.63, 3.8) is 0 Å². The molecule has 1 amide bonds. The van der Waals surface area contributed by atoms with Crippen molar-refractivity contribution in [1.82, 2.24) is 14.8 Å². The van der Waals surface area contributed by atoms with Gasteiger partial charge in [0.25, 0.3) is 11.5 Å². The summed E-state index contributed by atoms with van der Waals surface area (Å²) in [4.78, 5) is 39.2. The first kappa shape index (κ1) is 51.2. The van der Waals surface area contributed by atoms with Gasteiger partial charge in [-0.15, -0.1) is 0 Å². The standard InChI is InChI=1S/C28H36N4O10S2.4K/c1-3-20-18(26(33)31(29-20)21-14-8-10-16-23(21)43(36,37)38)12-6-5-7-13-19-25(28(35)42-4-2)30-32(27(19)34)22-15-9-11-17-24(22)44(39,40)41;;;;/h5-9,12-13,21-24,29H,3-4,10-11,14-17H2,1-2H3,(H,36,37,38)(H,39,40,41);;;;/q-2;4*+1/p-2/b7-5?,12-6?,19-13-;;;;. The zero-order valence-electron chi connectivity index (χ0n) is 28.2. The Hall–Kier alpha value is 3.21. The smallest absolute Gasteiger partial charge is 0.748 e. The van der Waals surface area contributed by atoms with Gasteiger partial charge in [0.15, 0.2) is 5.71 Å². The van der Waals surface area contributed by atoms with Gasteiger partial charge in [0, 0.05) is 17.8 Å². The number of nitrogens with zero attached hydrogens (tertiary/aromatic N) is 3. The number of H-pyrrole nitrogens is 1. The molecule has 1 aromatic heterocycles. The first-order valence-corrected chi connectivity index (χ1v) is 17.2. The SMILES string of the molecule is CCOC(=O)C1=NN(C2C[CH-]CCC2S(=O)(=O)[O-])C(=O)/C1=C\C=CC=Cc1c(CC)[nH]n(C2C[CH-]CCC2S(=O)(=O)[O-])c1=O.[K+].[K+].[K+].[K+]. The third kappa shape index (κ3) is 12.9. The average molecular weight is 807 g/mol. The van der Waals surface area contributed by atoms with Crippen LogP contribution >= 0.6 is 0 Å². The fraction of sp³-hybridized carbons (Fsp3) is 0.500. The number of ether oxygens (including phenoxy) is 1. The van der Waals surface area contributed by atoms with Crippen molar-refractivity contribution in [3.8, 4) is 0 Å². The summed E-state index contributed by atoms with van der Waals surface area (Å²) in [5.41, 5.74) is -0.155. The van der Waals surface area contributed by atoms with E-state index in [2.05, 4.69) is 10.2 Å². The van der Waals surface area contributed by atoms with Crippen molar-refractivity contribution in [2.24, 2.45) is 5.10 Å². The van der Waals surface area contributed by atoms with Crippen LogP contribution in [0.3, 0.4) is 0 Å². The molecule has 1 aromatic rings. The van der Waals surface area contributed by atoms with Gasteiger partial charge in [-0.2, -0.15) is 30.8 Å². The summed E-state index contributed by atoms with van der Waals surface area (Å²) in [6.45, 7) is 3.38. The summed E-state index contributed by atoms with van der Waals surface area (Å²) in [6, 6.07) is -1.92. The molecule has 4 rings (SSSR count). The van der Waals surface area contributed by atoms with Gasteiger partial charge in [0.2, 0.25) is 0 Å². The fourth-order valence-corrected chi connectivity index (χ4v) is 7.83. The van der Waals surface area contributed by atoms with Gasteiger partial charge in [0.05, 0.1) is 48.5 Å². The predicted molar refractivity (Wildman–Crippen MR) is 158 cm³/mol. The summed E-state index contributed by atoms with van der Waals surface area (Å²) in [7, 11) is -9.38. The van der Waals surface area contributed by atoms with E-state index in [0.717, 1.165) is 5.01 Å². The number of nitrogens with one attached hydrogen (secondary N) is 1. The minimum atomic E-state index is -4.75. The Kier molecular flexibility index (Phi) is 24.9. The Balaban J connectivity index is 0.00000552. The molecule has 2 heterocycles. The van der Waals surface area contributed by atoms with Crippen LogP contribution in [0, 0.1) is 12.8 Å². The Morgan fingerprint density at radius 3 is 2.04 bits per heavy atom. The van der Waals surface area contributed by atoms with Crippen LogP contribution in [-0.4, -0.2) is 81.5 Å². The summed E-state index contributed by atoms with van der Waals surface area (Å²) in [6.07, 6.45) is 12.6. The normalized spacial score (nSPS) is 24.0. The van der Waals surface area contributed by atoms with Gasteiger partial charge in [0.1, 0.15) is 0 Å². The molecule has 2 aliphatic carbocycles. The zero-order chi connectivity index (χ0) is 32.2. The number of allylic oxidation sites excluding steroid dienone is 4. The number of hydrazone groups is 1. The van der Waals surface area contributed by atoms with Crippen LogP contribution < -0.4 is 211 Å². The average Bonchev–Trinajstić information content (AvgIpc) is 3.47. The molecule has 4 atom stereocenters. The molecule has 1 aliphatic heterocycles. The van der Waals surface area contributed by atoms with Gasteiger partial charge >= 0.3 is 212 Å². The van der Waals surface area contributed by atoms with Crippen LogP contribution in [-0.2, 0) is 41.0 Å². The Morgan fingerprint density at radius 1 is 0.938 bits per heavy atom. The summed E-state index contributed by atoms with van der Waals surface area (Å²) in [5.74, 6) is -1.65. The number of rotatable bonds is 10. The van der Waals surface area contributed by atoms with Crippen molar-refractivity contribution in [2.75, 3.05) is 6.61 Å². The van der Waals surface area contributed by atoms with Crippen LogP contribution in [0.25, 0.3) is 6.08 Å². The second kappa shape index (κ2) is 23.3. The molecule has 4 unspecified atom stereocenters. The van der Waals surface area contributed by atoms with Crippen molar-refractivity contribution >= 4 is 43.9 Å². The maximum absolute atomic E-state index is 13.3. The van der Waals surface area contributed by atoms with Gasteiger partial charge in [-0.25, -0.2) is 26.6 Å². The maximum atomic E-state index is 13.3. The number of esters is 1. The topological polar surface area (TPSA) is 211 Å². The van der Waals surface area contributed by atoms with Crippen molar-refractivity contribution in [3.05, 3.63) is 64.3 Å². The van der Waals surface area contributed by atoms with Crippen molar-refractivity contribution in [1.29, 1.82) is 0 Å². The molecule has 1 N–H and O–H groups in total. The Morgan fingerprint density at radius 2 is 1.50 bits per heavy atom. The van der Waals surface area contributed by atoms with Crippen molar-refractivity contribution < 1.29 is 246 Å². The number of carbonyl (C=O) groups excluding carboxylic acids is 2. The fourth-order valence-electron chi connectivity index (χ4n) is 5.75. The van der Waals surface area contributed by atoms with Gasteiger partial charge < -0.3 is 26.7 Å². The minimum absolute atomic E-state index is 0. The number of hydrogen-bond donors (Lipinski definition) is 1.